The molecule has 0 saturated carbocycles. The molecule has 2 amide bonds. The first-order chi connectivity index (χ1) is 16.0. The predicted molar refractivity (Wildman–Crippen MR) is 122 cm³/mol. The fraction of sp³-hybridized carbons (Fsp3) is 0.292. The Balaban J connectivity index is 1.62. The van der Waals surface area contributed by atoms with Crippen LogP contribution < -0.4 is 10.6 Å². The van der Waals surface area contributed by atoms with E-state index in [2.05, 4.69) is 15.6 Å². The zero-order chi connectivity index (χ0) is 23.2. The van der Waals surface area contributed by atoms with E-state index in [9.17, 15) is 14.0 Å². The summed E-state index contributed by atoms with van der Waals surface area (Å²) in [5.74, 6) is 0.361. The number of rotatable bonds is 6. The number of hydrogen-bond donors (Lipinski definition) is 2. The van der Waals surface area contributed by atoms with Crippen LogP contribution in [0.2, 0.25) is 0 Å². The molecule has 1 aliphatic rings. The van der Waals surface area contributed by atoms with Gasteiger partial charge in [0.25, 0.3) is 0 Å². The maximum absolute atomic E-state index is 13.7. The molecule has 1 aliphatic heterocycles. The number of hydrogen-bond acceptors (Lipinski definition) is 6. The molecule has 1 atom stereocenters. The molecule has 2 N–H and O–H groups in total. The standard InChI is InChI=1S/C24H25FN6O2/c1-16(32)27-14-23(33)31-10-4-6-18(15-31)24-29-21(17-5-3-9-26-13-17)12-22(30-24)28-20-8-2-7-19(25)11-20/h2-3,5,7-9,11-13,18H,4,6,10,14-15H2,1H3,(H,27,32)(H,28,29,30)/t18-/m1/s1. The molecule has 1 saturated heterocycles. The number of nitrogens with zero attached hydrogens (tertiary/aromatic N) is 4. The Labute approximate surface area is 191 Å². The summed E-state index contributed by atoms with van der Waals surface area (Å²) < 4.78 is 13.7. The predicted octanol–water partition coefficient (Wildman–Crippen LogP) is 3.26. The van der Waals surface area contributed by atoms with Crippen molar-refractivity contribution < 1.29 is 14.0 Å². The van der Waals surface area contributed by atoms with Crippen molar-refractivity contribution in [3.05, 3.63) is 66.5 Å². The lowest BCUT2D eigenvalue weighted by atomic mass is 9.96. The minimum Gasteiger partial charge on any atom is -0.347 e. The van der Waals surface area contributed by atoms with Gasteiger partial charge in [0.2, 0.25) is 11.8 Å². The minimum atomic E-state index is -0.345. The van der Waals surface area contributed by atoms with Gasteiger partial charge in [-0.3, -0.25) is 14.6 Å². The van der Waals surface area contributed by atoms with E-state index < -0.39 is 0 Å². The van der Waals surface area contributed by atoms with Gasteiger partial charge >= 0.3 is 0 Å². The number of likely N-dealkylation sites (tertiary alicyclic amines) is 1. The van der Waals surface area contributed by atoms with Crippen molar-refractivity contribution in [3.63, 3.8) is 0 Å². The van der Waals surface area contributed by atoms with Crippen LogP contribution in [-0.4, -0.2) is 51.3 Å². The van der Waals surface area contributed by atoms with Gasteiger partial charge in [0.05, 0.1) is 12.2 Å². The maximum Gasteiger partial charge on any atom is 0.241 e. The van der Waals surface area contributed by atoms with E-state index in [0.29, 0.717) is 36.1 Å². The fourth-order valence-electron chi connectivity index (χ4n) is 3.82. The summed E-state index contributed by atoms with van der Waals surface area (Å²) >= 11 is 0. The highest BCUT2D eigenvalue weighted by Gasteiger charge is 2.27. The Bertz CT molecular complexity index is 1140. The number of anilines is 2. The van der Waals surface area contributed by atoms with Crippen molar-refractivity contribution >= 4 is 23.3 Å². The summed E-state index contributed by atoms with van der Waals surface area (Å²) in [6.45, 7) is 2.46. The molecule has 3 heterocycles. The number of halogens is 1. The van der Waals surface area contributed by atoms with Gasteiger partial charge in [-0.05, 0) is 43.2 Å². The van der Waals surface area contributed by atoms with Crippen LogP contribution in [0.25, 0.3) is 11.3 Å². The molecule has 0 radical (unpaired) electrons. The normalized spacial score (nSPS) is 15.7. The van der Waals surface area contributed by atoms with Crippen molar-refractivity contribution in [1.82, 2.24) is 25.2 Å². The zero-order valence-electron chi connectivity index (χ0n) is 18.3. The number of piperidine rings is 1. The van der Waals surface area contributed by atoms with E-state index in [1.54, 1.807) is 35.5 Å². The second kappa shape index (κ2) is 10.2. The highest BCUT2D eigenvalue weighted by atomic mass is 19.1. The molecule has 0 bridgehead atoms. The lowest BCUT2D eigenvalue weighted by molar-refractivity contribution is -0.133. The van der Waals surface area contributed by atoms with Crippen LogP contribution in [0.5, 0.6) is 0 Å². The number of pyridine rings is 1. The highest BCUT2D eigenvalue weighted by molar-refractivity contribution is 5.83. The number of benzene rings is 1. The Morgan fingerprint density at radius 3 is 2.82 bits per heavy atom. The summed E-state index contributed by atoms with van der Waals surface area (Å²) in [4.78, 5) is 39.1. The van der Waals surface area contributed by atoms with Crippen molar-refractivity contribution in [2.24, 2.45) is 0 Å². The second-order valence-electron chi connectivity index (χ2n) is 7.96. The molecule has 33 heavy (non-hydrogen) atoms. The Morgan fingerprint density at radius 2 is 2.06 bits per heavy atom. The number of carbonyl (C=O) groups is 2. The average Bonchev–Trinajstić information content (AvgIpc) is 2.83. The summed E-state index contributed by atoms with van der Waals surface area (Å²) in [5.41, 5.74) is 2.10. The molecular weight excluding hydrogens is 423 g/mol. The topological polar surface area (TPSA) is 100 Å². The monoisotopic (exact) mass is 448 g/mol. The molecule has 0 spiro atoms. The van der Waals surface area contributed by atoms with E-state index in [-0.39, 0.29) is 30.1 Å². The van der Waals surface area contributed by atoms with E-state index in [0.717, 1.165) is 18.4 Å². The molecule has 1 aromatic carbocycles. The largest absolute Gasteiger partial charge is 0.347 e. The Kier molecular flexibility index (Phi) is 6.87. The molecule has 8 nitrogen and oxygen atoms in total. The summed E-state index contributed by atoms with van der Waals surface area (Å²) in [5, 5.41) is 5.72. The van der Waals surface area contributed by atoms with E-state index >= 15 is 0 Å². The van der Waals surface area contributed by atoms with E-state index in [1.165, 1.54) is 19.1 Å². The van der Waals surface area contributed by atoms with Crippen LogP contribution >= 0.6 is 0 Å². The maximum atomic E-state index is 13.7. The molecule has 3 aromatic rings. The first kappa shape index (κ1) is 22.3. The van der Waals surface area contributed by atoms with Gasteiger partial charge in [0.15, 0.2) is 0 Å². The third kappa shape index (κ3) is 5.88. The third-order valence-corrected chi connectivity index (χ3v) is 5.43. The quantitative estimate of drug-likeness (QED) is 0.600. The van der Waals surface area contributed by atoms with Gasteiger partial charge in [-0.25, -0.2) is 14.4 Å². The average molecular weight is 449 g/mol. The second-order valence-corrected chi connectivity index (χ2v) is 7.96. The third-order valence-electron chi connectivity index (χ3n) is 5.43. The van der Waals surface area contributed by atoms with Gasteiger partial charge in [0.1, 0.15) is 17.5 Å². The lowest BCUT2D eigenvalue weighted by Gasteiger charge is -2.32. The molecule has 9 heteroatoms. The summed E-state index contributed by atoms with van der Waals surface area (Å²) in [6.07, 6.45) is 5.06. The van der Waals surface area contributed by atoms with Crippen LogP contribution in [-0.2, 0) is 9.59 Å². The molecule has 4 rings (SSSR count). The lowest BCUT2D eigenvalue weighted by Crippen LogP contribution is -2.44. The molecule has 170 valence electrons. The molecular formula is C24H25FN6O2. The fourth-order valence-corrected chi connectivity index (χ4v) is 3.82. The van der Waals surface area contributed by atoms with Crippen LogP contribution in [0, 0.1) is 5.82 Å². The Hall–Kier alpha value is -3.88. The number of carbonyl (C=O) groups excluding carboxylic acids is 2. The summed E-state index contributed by atoms with van der Waals surface area (Å²) in [7, 11) is 0. The van der Waals surface area contributed by atoms with Crippen molar-refractivity contribution in [2.45, 2.75) is 25.7 Å². The zero-order valence-corrected chi connectivity index (χ0v) is 18.3. The molecule has 2 aromatic heterocycles. The number of aromatic nitrogens is 3. The van der Waals surface area contributed by atoms with E-state index in [1.807, 2.05) is 12.1 Å². The van der Waals surface area contributed by atoms with Crippen molar-refractivity contribution in [3.8, 4) is 11.3 Å². The first-order valence-corrected chi connectivity index (χ1v) is 10.8. The minimum absolute atomic E-state index is 0.0228. The van der Waals surface area contributed by atoms with Crippen LogP contribution in [0.1, 0.15) is 31.5 Å². The van der Waals surface area contributed by atoms with Gasteiger partial charge in [-0.1, -0.05) is 6.07 Å². The van der Waals surface area contributed by atoms with Crippen LogP contribution in [0.15, 0.2) is 54.9 Å². The first-order valence-electron chi connectivity index (χ1n) is 10.8. The van der Waals surface area contributed by atoms with Gasteiger partial charge in [0, 0.05) is 55.6 Å². The highest BCUT2D eigenvalue weighted by Crippen LogP contribution is 2.29. The van der Waals surface area contributed by atoms with Crippen LogP contribution in [0.3, 0.4) is 0 Å². The Morgan fingerprint density at radius 1 is 1.18 bits per heavy atom. The molecule has 0 unspecified atom stereocenters. The molecule has 0 aliphatic carbocycles. The van der Waals surface area contributed by atoms with E-state index in [4.69, 9.17) is 9.97 Å². The van der Waals surface area contributed by atoms with Crippen molar-refractivity contribution in [2.75, 3.05) is 25.0 Å². The SMILES string of the molecule is CC(=O)NCC(=O)N1CCC[C@@H](c2nc(Nc3cccc(F)c3)cc(-c3cccnc3)n2)C1. The van der Waals surface area contributed by atoms with Gasteiger partial charge in [-0.2, -0.15) is 0 Å². The van der Waals surface area contributed by atoms with Gasteiger partial charge in [-0.15, -0.1) is 0 Å². The van der Waals surface area contributed by atoms with Gasteiger partial charge < -0.3 is 15.5 Å². The number of nitrogens with one attached hydrogen (secondary N) is 2. The van der Waals surface area contributed by atoms with Crippen LogP contribution in [0.4, 0.5) is 15.9 Å². The summed E-state index contributed by atoms with van der Waals surface area (Å²) in [6, 6.07) is 11.7. The van der Waals surface area contributed by atoms with Crippen molar-refractivity contribution in [1.29, 1.82) is 0 Å². The number of amides is 2. The smallest absolute Gasteiger partial charge is 0.241 e. The molecule has 1 fully saturated rings.